The van der Waals surface area contributed by atoms with Crippen molar-refractivity contribution in [1.29, 1.82) is 0 Å². The van der Waals surface area contributed by atoms with E-state index in [0.29, 0.717) is 16.5 Å². The molecular formula is C10H11Cl2O. The summed E-state index contributed by atoms with van der Waals surface area (Å²) in [6.45, 7) is 1.99. The van der Waals surface area contributed by atoms with Crippen molar-refractivity contribution in [3.8, 4) is 0 Å². The Morgan fingerprint density at radius 1 is 1.31 bits per heavy atom. The van der Waals surface area contributed by atoms with Gasteiger partial charge in [0.15, 0.2) is 0 Å². The third kappa shape index (κ3) is 2.87. The standard InChI is InChI=1S/C10H11Cl2O/c1-2-3-10(13)7-4-5-8(11)9(12)6-7/h4-6,10H,2-3H2,1H3. The first kappa shape index (κ1) is 10.8. The minimum atomic E-state index is -0.681. The van der Waals surface area contributed by atoms with Crippen LogP contribution in [0.25, 0.3) is 0 Å². The highest BCUT2D eigenvalue weighted by molar-refractivity contribution is 6.42. The number of hydrogen-bond donors (Lipinski definition) is 0. The summed E-state index contributed by atoms with van der Waals surface area (Å²) in [6.07, 6.45) is 0.839. The van der Waals surface area contributed by atoms with Gasteiger partial charge in [-0.15, -0.1) is 0 Å². The first-order valence-electron chi connectivity index (χ1n) is 4.26. The summed E-state index contributed by atoms with van der Waals surface area (Å²) in [4.78, 5) is 0. The fourth-order valence-electron chi connectivity index (χ4n) is 1.14. The van der Waals surface area contributed by atoms with Gasteiger partial charge in [-0.2, -0.15) is 0 Å². The Labute approximate surface area is 88.3 Å². The molecule has 0 aliphatic carbocycles. The molecule has 0 saturated heterocycles. The molecule has 1 atom stereocenters. The highest BCUT2D eigenvalue weighted by Gasteiger charge is 2.09. The number of halogens is 2. The second-order valence-electron chi connectivity index (χ2n) is 2.95. The smallest absolute Gasteiger partial charge is 0.118 e. The molecule has 3 heteroatoms. The van der Waals surface area contributed by atoms with Crippen molar-refractivity contribution in [2.75, 3.05) is 0 Å². The van der Waals surface area contributed by atoms with Gasteiger partial charge in [-0.25, -0.2) is 5.11 Å². The molecule has 0 spiro atoms. The molecular weight excluding hydrogens is 207 g/mol. The summed E-state index contributed by atoms with van der Waals surface area (Å²) < 4.78 is 0. The zero-order valence-corrected chi connectivity index (χ0v) is 8.90. The van der Waals surface area contributed by atoms with Crippen LogP contribution in [-0.4, -0.2) is 0 Å². The molecule has 0 fully saturated rings. The molecule has 0 aliphatic heterocycles. The van der Waals surface area contributed by atoms with Crippen LogP contribution in [0.1, 0.15) is 31.4 Å². The van der Waals surface area contributed by atoms with Gasteiger partial charge >= 0.3 is 0 Å². The molecule has 0 amide bonds. The maximum absolute atomic E-state index is 11.5. The Bertz CT molecular complexity index is 286. The Balaban J connectivity index is 2.84. The van der Waals surface area contributed by atoms with Crippen LogP contribution in [0, 0.1) is 0 Å². The van der Waals surface area contributed by atoms with Crippen LogP contribution >= 0.6 is 23.2 Å². The van der Waals surface area contributed by atoms with Crippen molar-refractivity contribution >= 4 is 23.2 Å². The molecule has 0 N–H and O–H groups in total. The summed E-state index contributed by atoms with van der Waals surface area (Å²) in [5, 5.41) is 12.4. The van der Waals surface area contributed by atoms with Crippen LogP contribution in [0.4, 0.5) is 0 Å². The number of benzene rings is 1. The fourth-order valence-corrected chi connectivity index (χ4v) is 1.45. The first-order chi connectivity index (χ1) is 6.15. The lowest BCUT2D eigenvalue weighted by atomic mass is 10.1. The van der Waals surface area contributed by atoms with Crippen molar-refractivity contribution in [1.82, 2.24) is 0 Å². The molecule has 13 heavy (non-hydrogen) atoms. The molecule has 1 nitrogen and oxygen atoms in total. The molecule has 1 aromatic rings. The minimum absolute atomic E-state index is 0.455. The molecule has 0 aliphatic rings. The van der Waals surface area contributed by atoms with Gasteiger partial charge in [-0.1, -0.05) is 42.6 Å². The summed E-state index contributed by atoms with van der Waals surface area (Å²) in [5.41, 5.74) is 0.719. The van der Waals surface area contributed by atoms with Gasteiger partial charge in [0.05, 0.1) is 10.0 Å². The van der Waals surface area contributed by atoms with E-state index in [0.717, 1.165) is 12.0 Å². The lowest BCUT2D eigenvalue weighted by Gasteiger charge is -2.07. The van der Waals surface area contributed by atoms with Crippen molar-refractivity contribution in [3.63, 3.8) is 0 Å². The lowest BCUT2D eigenvalue weighted by Crippen LogP contribution is -1.94. The van der Waals surface area contributed by atoms with E-state index in [2.05, 4.69) is 0 Å². The lowest BCUT2D eigenvalue weighted by molar-refractivity contribution is 0.0805. The summed E-state index contributed by atoms with van der Waals surface area (Å²) >= 11 is 11.5. The van der Waals surface area contributed by atoms with E-state index in [1.165, 1.54) is 0 Å². The van der Waals surface area contributed by atoms with Gasteiger partial charge in [0.1, 0.15) is 6.10 Å². The average Bonchev–Trinajstić information content (AvgIpc) is 2.10. The maximum atomic E-state index is 11.5. The second kappa shape index (κ2) is 4.85. The minimum Gasteiger partial charge on any atom is -0.228 e. The molecule has 0 saturated carbocycles. The predicted octanol–water partition coefficient (Wildman–Crippen LogP) is 4.27. The molecule has 1 aromatic carbocycles. The highest BCUT2D eigenvalue weighted by Crippen LogP contribution is 2.27. The molecule has 1 unspecified atom stereocenters. The predicted molar refractivity (Wildman–Crippen MR) is 54.8 cm³/mol. The Hall–Kier alpha value is -0.240. The third-order valence-corrected chi connectivity index (χ3v) is 2.61. The van der Waals surface area contributed by atoms with Gasteiger partial charge in [-0.3, -0.25) is 0 Å². The van der Waals surface area contributed by atoms with Gasteiger partial charge in [0, 0.05) is 0 Å². The summed E-state index contributed by atoms with van der Waals surface area (Å²) in [7, 11) is 0. The number of rotatable bonds is 3. The molecule has 1 rings (SSSR count). The SMILES string of the molecule is CCCC([O])c1ccc(Cl)c(Cl)c1. The highest BCUT2D eigenvalue weighted by atomic mass is 35.5. The Kier molecular flexibility index (Phi) is 4.04. The quantitative estimate of drug-likeness (QED) is 0.722. The van der Waals surface area contributed by atoms with Crippen molar-refractivity contribution in [2.45, 2.75) is 25.9 Å². The van der Waals surface area contributed by atoms with Crippen LogP contribution in [0.2, 0.25) is 10.0 Å². The van der Waals surface area contributed by atoms with Crippen molar-refractivity contribution < 1.29 is 5.11 Å². The van der Waals surface area contributed by atoms with Gasteiger partial charge < -0.3 is 0 Å². The topological polar surface area (TPSA) is 19.9 Å². The van der Waals surface area contributed by atoms with E-state index < -0.39 is 6.10 Å². The van der Waals surface area contributed by atoms with Crippen LogP contribution < -0.4 is 0 Å². The Morgan fingerprint density at radius 3 is 2.54 bits per heavy atom. The summed E-state index contributed by atoms with van der Waals surface area (Å²) in [5.74, 6) is 0. The molecule has 0 aromatic heterocycles. The van der Waals surface area contributed by atoms with Crippen LogP contribution in [-0.2, 0) is 5.11 Å². The third-order valence-electron chi connectivity index (χ3n) is 1.87. The normalized spacial score (nSPS) is 12.9. The second-order valence-corrected chi connectivity index (χ2v) is 3.77. The molecule has 0 heterocycles. The van der Waals surface area contributed by atoms with Crippen LogP contribution in [0.5, 0.6) is 0 Å². The maximum Gasteiger partial charge on any atom is 0.118 e. The van der Waals surface area contributed by atoms with E-state index in [9.17, 15) is 5.11 Å². The zero-order valence-electron chi connectivity index (χ0n) is 7.39. The van der Waals surface area contributed by atoms with Crippen molar-refractivity contribution in [2.24, 2.45) is 0 Å². The van der Waals surface area contributed by atoms with Crippen molar-refractivity contribution in [3.05, 3.63) is 33.8 Å². The largest absolute Gasteiger partial charge is 0.228 e. The van der Waals surface area contributed by atoms with E-state index in [-0.39, 0.29) is 0 Å². The zero-order chi connectivity index (χ0) is 9.84. The summed E-state index contributed by atoms with van der Waals surface area (Å²) in [6, 6.07) is 5.05. The van der Waals surface area contributed by atoms with Gasteiger partial charge in [-0.05, 0) is 24.1 Å². The van der Waals surface area contributed by atoms with Crippen LogP contribution in [0.3, 0.4) is 0 Å². The Morgan fingerprint density at radius 2 is 2.00 bits per heavy atom. The van der Waals surface area contributed by atoms with E-state index in [1.807, 2.05) is 6.92 Å². The van der Waals surface area contributed by atoms with Gasteiger partial charge in [0.25, 0.3) is 0 Å². The average molecular weight is 218 g/mol. The molecule has 0 bridgehead atoms. The number of hydrogen-bond acceptors (Lipinski definition) is 0. The fraction of sp³-hybridized carbons (Fsp3) is 0.400. The van der Waals surface area contributed by atoms with E-state index in [1.54, 1.807) is 18.2 Å². The van der Waals surface area contributed by atoms with E-state index in [4.69, 9.17) is 23.2 Å². The van der Waals surface area contributed by atoms with E-state index >= 15 is 0 Å². The van der Waals surface area contributed by atoms with Crippen LogP contribution in [0.15, 0.2) is 18.2 Å². The molecule has 71 valence electrons. The monoisotopic (exact) mass is 217 g/mol. The molecule has 1 radical (unpaired) electrons. The van der Waals surface area contributed by atoms with Gasteiger partial charge in [0.2, 0.25) is 0 Å². The first-order valence-corrected chi connectivity index (χ1v) is 5.01.